The van der Waals surface area contributed by atoms with Crippen LogP contribution in [0.4, 0.5) is 0 Å². The average molecular weight is 426 g/mol. The fourth-order valence-electron chi connectivity index (χ4n) is 3.69. The minimum absolute atomic E-state index is 0. The van der Waals surface area contributed by atoms with E-state index in [0.717, 1.165) is 31.5 Å². The number of halogens is 1. The zero-order chi connectivity index (χ0) is 20.0. The van der Waals surface area contributed by atoms with Gasteiger partial charge in [-0.25, -0.2) is 0 Å². The Balaban J connectivity index is 0.00000420. The van der Waals surface area contributed by atoms with Crippen LogP contribution >= 0.6 is 0 Å². The number of hydrogen-bond donors (Lipinski definition) is 2. The van der Waals surface area contributed by atoms with E-state index in [9.17, 15) is 9.90 Å². The van der Waals surface area contributed by atoms with Crippen molar-refractivity contribution in [1.29, 1.82) is 0 Å². The van der Waals surface area contributed by atoms with E-state index in [0.29, 0.717) is 26.2 Å². The summed E-state index contributed by atoms with van der Waals surface area (Å²) in [6, 6.07) is 9.30. The summed E-state index contributed by atoms with van der Waals surface area (Å²) < 4.78 is 5.42. The Morgan fingerprint density at radius 1 is 1.07 bits per heavy atom. The maximum absolute atomic E-state index is 12.5. The first kappa shape index (κ1) is 25.9. The third kappa shape index (κ3) is 10.4. The van der Waals surface area contributed by atoms with E-state index in [1.165, 1.54) is 32.1 Å². The molecule has 1 aliphatic rings. The van der Waals surface area contributed by atoms with Crippen LogP contribution in [0.2, 0.25) is 0 Å². The topological polar surface area (TPSA) is 61.8 Å². The van der Waals surface area contributed by atoms with Gasteiger partial charge in [-0.05, 0) is 12.0 Å². The van der Waals surface area contributed by atoms with Crippen LogP contribution in [-0.4, -0.2) is 54.8 Å². The van der Waals surface area contributed by atoms with Gasteiger partial charge in [-0.15, -0.1) is 0 Å². The molecule has 1 aromatic carbocycles. The van der Waals surface area contributed by atoms with Gasteiger partial charge >= 0.3 is 0 Å². The molecule has 0 aliphatic carbocycles. The van der Waals surface area contributed by atoms with Crippen molar-refractivity contribution in [3.63, 3.8) is 0 Å². The quantitative estimate of drug-likeness (QED) is 0.456. The van der Waals surface area contributed by atoms with Crippen LogP contribution in [-0.2, 0) is 9.53 Å². The average Bonchev–Trinajstić information content (AvgIpc) is 2.73. The van der Waals surface area contributed by atoms with E-state index < -0.39 is 6.10 Å². The number of carbonyl (C=O) groups excluding carboxylic acids is 1. The van der Waals surface area contributed by atoms with Gasteiger partial charge in [0.05, 0.1) is 19.3 Å². The SMILES string of the molecule is CCCCCCCCCC(=O)N[C@@H](CN1CCOCC1)[C@@H](O)c1ccccc1.[Cl-]. The second-order valence-corrected chi connectivity index (χ2v) is 7.81. The van der Waals surface area contributed by atoms with Crippen LogP contribution in [0.25, 0.3) is 0 Å². The molecule has 0 aromatic heterocycles. The molecule has 2 atom stereocenters. The summed E-state index contributed by atoms with van der Waals surface area (Å²) in [7, 11) is 0. The molecular weight excluding hydrogens is 388 g/mol. The lowest BCUT2D eigenvalue weighted by atomic mass is 10.0. The number of nitrogens with zero attached hydrogens (tertiary/aromatic N) is 1. The monoisotopic (exact) mass is 425 g/mol. The molecule has 1 amide bonds. The molecule has 2 rings (SSSR count). The number of rotatable bonds is 13. The molecular formula is C23H38ClN2O3-. The van der Waals surface area contributed by atoms with Crippen LogP contribution in [0.15, 0.2) is 30.3 Å². The first-order chi connectivity index (χ1) is 13.7. The number of carbonyl (C=O) groups is 1. The van der Waals surface area contributed by atoms with Gasteiger partial charge in [0.15, 0.2) is 0 Å². The number of amides is 1. The molecule has 0 bridgehead atoms. The lowest BCUT2D eigenvalue weighted by Gasteiger charge is -2.33. The Kier molecular flexibility index (Phi) is 14.0. The highest BCUT2D eigenvalue weighted by Gasteiger charge is 2.26. The van der Waals surface area contributed by atoms with Gasteiger partial charge in [0.25, 0.3) is 0 Å². The van der Waals surface area contributed by atoms with Gasteiger partial charge in [-0.2, -0.15) is 0 Å². The normalized spacial score (nSPS) is 16.6. The standard InChI is InChI=1S/C23H38N2O3.ClH/c1-2-3-4-5-6-7-11-14-22(26)24-21(19-25-15-17-28-18-16-25)23(27)20-12-9-8-10-13-20;/h8-10,12-13,21,23,27H,2-7,11,14-19H2,1H3,(H,24,26);1H/p-1/t21-,23-;/m0./s1. The first-order valence-corrected chi connectivity index (χ1v) is 11.0. The van der Waals surface area contributed by atoms with Gasteiger partial charge in [0, 0.05) is 26.1 Å². The number of unbranched alkanes of at least 4 members (excludes halogenated alkanes) is 6. The molecule has 1 heterocycles. The fraction of sp³-hybridized carbons (Fsp3) is 0.696. The van der Waals surface area contributed by atoms with E-state index in [1.807, 2.05) is 30.3 Å². The smallest absolute Gasteiger partial charge is 0.220 e. The molecule has 0 unspecified atom stereocenters. The second-order valence-electron chi connectivity index (χ2n) is 7.81. The minimum atomic E-state index is -0.706. The summed E-state index contributed by atoms with van der Waals surface area (Å²) in [6.07, 6.45) is 8.19. The minimum Gasteiger partial charge on any atom is -1.00 e. The Bertz CT molecular complexity index is 538. The van der Waals surface area contributed by atoms with Gasteiger partial charge < -0.3 is 27.6 Å². The van der Waals surface area contributed by atoms with E-state index in [1.54, 1.807) is 0 Å². The largest absolute Gasteiger partial charge is 1.00 e. The Labute approximate surface area is 182 Å². The Hall–Kier alpha value is -1.14. The van der Waals surface area contributed by atoms with Crippen molar-refractivity contribution in [3.8, 4) is 0 Å². The van der Waals surface area contributed by atoms with Gasteiger partial charge in [-0.3, -0.25) is 9.69 Å². The van der Waals surface area contributed by atoms with Gasteiger partial charge in [-0.1, -0.05) is 75.8 Å². The second kappa shape index (κ2) is 15.7. The predicted octanol–water partition coefficient (Wildman–Crippen LogP) is 0.682. The van der Waals surface area contributed by atoms with E-state index in [2.05, 4.69) is 17.1 Å². The van der Waals surface area contributed by atoms with Gasteiger partial charge in [0.2, 0.25) is 5.91 Å². The third-order valence-electron chi connectivity index (χ3n) is 5.43. The van der Waals surface area contributed by atoms with Crippen molar-refractivity contribution in [1.82, 2.24) is 10.2 Å². The summed E-state index contributed by atoms with van der Waals surface area (Å²) in [5.41, 5.74) is 0.844. The molecule has 2 N–H and O–H groups in total. The highest BCUT2D eigenvalue weighted by molar-refractivity contribution is 5.76. The maximum atomic E-state index is 12.5. The zero-order valence-electron chi connectivity index (χ0n) is 17.8. The number of nitrogens with one attached hydrogen (secondary N) is 1. The maximum Gasteiger partial charge on any atom is 0.220 e. The summed E-state index contributed by atoms with van der Waals surface area (Å²) in [5, 5.41) is 14.0. The van der Waals surface area contributed by atoms with Crippen molar-refractivity contribution >= 4 is 5.91 Å². The van der Waals surface area contributed by atoms with E-state index in [4.69, 9.17) is 4.74 Å². The number of ether oxygens (including phenoxy) is 1. The number of hydrogen-bond acceptors (Lipinski definition) is 4. The molecule has 0 saturated carbocycles. The van der Waals surface area contributed by atoms with E-state index >= 15 is 0 Å². The van der Waals surface area contributed by atoms with Crippen molar-refractivity contribution in [2.24, 2.45) is 0 Å². The molecule has 1 aliphatic heterocycles. The third-order valence-corrected chi connectivity index (χ3v) is 5.43. The fourth-order valence-corrected chi connectivity index (χ4v) is 3.69. The van der Waals surface area contributed by atoms with Crippen molar-refractivity contribution in [3.05, 3.63) is 35.9 Å². The van der Waals surface area contributed by atoms with Crippen molar-refractivity contribution in [2.75, 3.05) is 32.8 Å². The molecule has 5 nitrogen and oxygen atoms in total. The number of aliphatic hydroxyl groups is 1. The molecule has 6 heteroatoms. The van der Waals surface area contributed by atoms with Gasteiger partial charge in [0.1, 0.15) is 6.10 Å². The molecule has 0 spiro atoms. The number of morpholine rings is 1. The highest BCUT2D eigenvalue weighted by atomic mass is 35.5. The van der Waals surface area contributed by atoms with Crippen LogP contribution in [0, 0.1) is 0 Å². The van der Waals surface area contributed by atoms with Crippen molar-refractivity contribution < 1.29 is 27.0 Å². The molecule has 29 heavy (non-hydrogen) atoms. The summed E-state index contributed by atoms with van der Waals surface area (Å²) in [4.78, 5) is 14.8. The van der Waals surface area contributed by atoms with Crippen LogP contribution in [0.1, 0.15) is 70.0 Å². The Morgan fingerprint density at radius 3 is 2.34 bits per heavy atom. The van der Waals surface area contributed by atoms with E-state index in [-0.39, 0.29) is 24.4 Å². The number of aliphatic hydroxyl groups excluding tert-OH is 1. The predicted molar refractivity (Wildman–Crippen MR) is 113 cm³/mol. The molecule has 1 saturated heterocycles. The summed E-state index contributed by atoms with van der Waals surface area (Å²) in [5.74, 6) is 0.0433. The van der Waals surface area contributed by atoms with Crippen LogP contribution < -0.4 is 17.7 Å². The molecule has 1 aromatic rings. The lowest BCUT2D eigenvalue weighted by Crippen LogP contribution is -3.00. The molecule has 0 radical (unpaired) electrons. The zero-order valence-corrected chi connectivity index (χ0v) is 18.6. The van der Waals surface area contributed by atoms with Crippen LogP contribution in [0.3, 0.4) is 0 Å². The number of benzene rings is 1. The molecule has 1 fully saturated rings. The van der Waals surface area contributed by atoms with Crippen molar-refractivity contribution in [2.45, 2.75) is 70.4 Å². The highest BCUT2D eigenvalue weighted by Crippen LogP contribution is 2.18. The summed E-state index contributed by atoms with van der Waals surface area (Å²) >= 11 is 0. The molecule has 166 valence electrons. The van der Waals surface area contributed by atoms with Crippen LogP contribution in [0.5, 0.6) is 0 Å². The lowest BCUT2D eigenvalue weighted by molar-refractivity contribution is -0.123. The first-order valence-electron chi connectivity index (χ1n) is 11.0. The Morgan fingerprint density at radius 2 is 1.69 bits per heavy atom. The summed E-state index contributed by atoms with van der Waals surface area (Å²) in [6.45, 7) is 5.96.